The normalized spacial score (nSPS) is 10.3. The fourth-order valence-corrected chi connectivity index (χ4v) is 2.24. The molecule has 21 heavy (non-hydrogen) atoms. The van der Waals surface area contributed by atoms with Crippen molar-refractivity contribution in [3.63, 3.8) is 0 Å². The van der Waals surface area contributed by atoms with Crippen LogP contribution >= 0.6 is 0 Å². The van der Waals surface area contributed by atoms with E-state index < -0.39 is 0 Å². The van der Waals surface area contributed by atoms with Crippen molar-refractivity contribution in [1.82, 2.24) is 0 Å². The van der Waals surface area contributed by atoms with Crippen molar-refractivity contribution >= 4 is 5.78 Å². The summed E-state index contributed by atoms with van der Waals surface area (Å²) in [5.41, 5.74) is 3.14. The highest BCUT2D eigenvalue weighted by Crippen LogP contribution is 2.21. The molecule has 0 amide bonds. The van der Waals surface area contributed by atoms with Crippen molar-refractivity contribution in [2.75, 3.05) is 0 Å². The molecular weight excluding hydrogens is 263 g/mol. The zero-order chi connectivity index (χ0) is 14.7. The predicted molar refractivity (Wildman–Crippen MR) is 81.7 cm³/mol. The van der Waals surface area contributed by atoms with Gasteiger partial charge in [-0.15, -0.1) is 0 Å². The Hall–Kier alpha value is -2.74. The molecule has 0 heterocycles. The van der Waals surface area contributed by atoms with Crippen LogP contribution in [-0.4, -0.2) is 5.78 Å². The summed E-state index contributed by atoms with van der Waals surface area (Å²) in [4.78, 5) is 12.4. The van der Waals surface area contributed by atoms with Gasteiger partial charge in [0.05, 0.1) is 0 Å². The van der Waals surface area contributed by atoms with Crippen LogP contribution in [0.1, 0.15) is 15.9 Å². The van der Waals surface area contributed by atoms with Crippen LogP contribution < -0.4 is 0 Å². The summed E-state index contributed by atoms with van der Waals surface area (Å²) in [5.74, 6) is -0.447. The number of hydrogen-bond acceptors (Lipinski definition) is 1. The number of hydrogen-bond donors (Lipinski definition) is 0. The Balaban J connectivity index is 1.96. The highest BCUT2D eigenvalue weighted by atomic mass is 19.1. The van der Waals surface area contributed by atoms with Gasteiger partial charge in [-0.2, -0.15) is 0 Å². The summed E-state index contributed by atoms with van der Waals surface area (Å²) in [6, 6.07) is 23.0. The molecule has 0 fully saturated rings. The molecule has 2 heteroatoms. The van der Waals surface area contributed by atoms with Crippen molar-refractivity contribution in [1.29, 1.82) is 0 Å². The van der Waals surface area contributed by atoms with E-state index in [1.807, 2.05) is 48.5 Å². The van der Waals surface area contributed by atoms with Gasteiger partial charge in [-0.1, -0.05) is 48.5 Å². The number of benzene rings is 3. The molecule has 3 rings (SSSR count). The molecule has 0 aliphatic rings. The van der Waals surface area contributed by atoms with E-state index in [-0.39, 0.29) is 11.6 Å². The van der Waals surface area contributed by atoms with Gasteiger partial charge in [0.25, 0.3) is 0 Å². The molecule has 0 radical (unpaired) electrons. The summed E-state index contributed by atoms with van der Waals surface area (Å²) in [5, 5.41) is 0. The highest BCUT2D eigenvalue weighted by Gasteiger charge is 2.10. The number of ketones is 1. The van der Waals surface area contributed by atoms with Gasteiger partial charge in [0, 0.05) is 11.1 Å². The summed E-state index contributed by atoms with van der Waals surface area (Å²) in [6.07, 6.45) is 0. The first-order valence-electron chi connectivity index (χ1n) is 6.70. The first-order valence-corrected chi connectivity index (χ1v) is 6.70. The first-order chi connectivity index (χ1) is 10.2. The van der Waals surface area contributed by atoms with Crippen LogP contribution in [0.2, 0.25) is 0 Å². The SMILES string of the molecule is O=C(c1ccc(F)cc1)c1cccc(-c2ccccc2)c1. The van der Waals surface area contributed by atoms with Gasteiger partial charge >= 0.3 is 0 Å². The third-order valence-electron chi connectivity index (χ3n) is 3.34. The molecular formula is C19H13FO. The van der Waals surface area contributed by atoms with E-state index in [0.29, 0.717) is 11.1 Å². The van der Waals surface area contributed by atoms with Gasteiger partial charge in [0.15, 0.2) is 5.78 Å². The maximum Gasteiger partial charge on any atom is 0.193 e. The zero-order valence-electron chi connectivity index (χ0n) is 11.3. The van der Waals surface area contributed by atoms with Crippen LogP contribution in [0.5, 0.6) is 0 Å². The molecule has 0 aromatic heterocycles. The van der Waals surface area contributed by atoms with Crippen LogP contribution in [0, 0.1) is 5.82 Å². The molecule has 0 N–H and O–H groups in total. The van der Waals surface area contributed by atoms with Crippen molar-refractivity contribution in [2.24, 2.45) is 0 Å². The number of rotatable bonds is 3. The summed E-state index contributed by atoms with van der Waals surface area (Å²) in [7, 11) is 0. The van der Waals surface area contributed by atoms with Gasteiger partial charge in [-0.25, -0.2) is 4.39 Å². The number of carbonyl (C=O) groups is 1. The lowest BCUT2D eigenvalue weighted by atomic mass is 9.98. The third kappa shape index (κ3) is 2.90. The fraction of sp³-hybridized carbons (Fsp3) is 0. The highest BCUT2D eigenvalue weighted by molar-refractivity contribution is 6.09. The largest absolute Gasteiger partial charge is 0.289 e. The second-order valence-corrected chi connectivity index (χ2v) is 4.78. The third-order valence-corrected chi connectivity index (χ3v) is 3.34. The molecule has 0 aliphatic carbocycles. The Morgan fingerprint density at radius 2 is 1.33 bits per heavy atom. The zero-order valence-corrected chi connectivity index (χ0v) is 11.3. The summed E-state index contributed by atoms with van der Waals surface area (Å²) in [6.45, 7) is 0. The Labute approximate surface area is 122 Å². The first kappa shape index (κ1) is 13.3. The molecule has 3 aromatic rings. The van der Waals surface area contributed by atoms with E-state index in [1.54, 1.807) is 6.07 Å². The minimum Gasteiger partial charge on any atom is -0.289 e. The Bertz CT molecular complexity index is 761. The van der Waals surface area contributed by atoms with E-state index in [1.165, 1.54) is 24.3 Å². The smallest absolute Gasteiger partial charge is 0.193 e. The Morgan fingerprint density at radius 1 is 0.667 bits per heavy atom. The molecule has 0 aliphatic heterocycles. The maximum atomic E-state index is 12.9. The van der Waals surface area contributed by atoms with Gasteiger partial charge < -0.3 is 0 Å². The van der Waals surface area contributed by atoms with Crippen LogP contribution in [0.15, 0.2) is 78.9 Å². The van der Waals surface area contributed by atoms with Crippen molar-refractivity contribution in [3.05, 3.63) is 95.8 Å². The van der Waals surface area contributed by atoms with Crippen LogP contribution in [-0.2, 0) is 0 Å². The van der Waals surface area contributed by atoms with E-state index in [4.69, 9.17) is 0 Å². The lowest BCUT2D eigenvalue weighted by molar-refractivity contribution is 0.103. The number of halogens is 1. The van der Waals surface area contributed by atoms with Crippen LogP contribution in [0.25, 0.3) is 11.1 Å². The molecule has 1 nitrogen and oxygen atoms in total. The van der Waals surface area contributed by atoms with Crippen LogP contribution in [0.3, 0.4) is 0 Å². The van der Waals surface area contributed by atoms with Crippen molar-refractivity contribution in [2.45, 2.75) is 0 Å². The molecule has 0 spiro atoms. The summed E-state index contributed by atoms with van der Waals surface area (Å²) < 4.78 is 12.9. The van der Waals surface area contributed by atoms with Gasteiger partial charge in [0.2, 0.25) is 0 Å². The standard InChI is InChI=1S/C19H13FO/c20-18-11-9-15(10-12-18)19(21)17-8-4-7-16(13-17)14-5-2-1-3-6-14/h1-13H. The minimum atomic E-state index is -0.343. The maximum absolute atomic E-state index is 12.9. The predicted octanol–water partition coefficient (Wildman–Crippen LogP) is 4.72. The Kier molecular flexibility index (Phi) is 3.61. The van der Waals surface area contributed by atoms with Gasteiger partial charge in [-0.05, 0) is 41.5 Å². The second kappa shape index (κ2) is 5.71. The molecule has 102 valence electrons. The van der Waals surface area contributed by atoms with Crippen molar-refractivity contribution < 1.29 is 9.18 Å². The van der Waals surface area contributed by atoms with E-state index in [0.717, 1.165) is 11.1 Å². The Morgan fingerprint density at radius 3 is 2.05 bits per heavy atom. The van der Waals surface area contributed by atoms with E-state index >= 15 is 0 Å². The lowest BCUT2D eigenvalue weighted by Crippen LogP contribution is -2.01. The summed E-state index contributed by atoms with van der Waals surface area (Å²) >= 11 is 0. The average Bonchev–Trinajstić information content (AvgIpc) is 2.56. The number of carbonyl (C=O) groups excluding carboxylic acids is 1. The quantitative estimate of drug-likeness (QED) is 0.632. The monoisotopic (exact) mass is 276 g/mol. The second-order valence-electron chi connectivity index (χ2n) is 4.78. The van der Waals surface area contributed by atoms with Crippen LogP contribution in [0.4, 0.5) is 4.39 Å². The van der Waals surface area contributed by atoms with Gasteiger partial charge in [-0.3, -0.25) is 4.79 Å². The van der Waals surface area contributed by atoms with Gasteiger partial charge in [0.1, 0.15) is 5.82 Å². The van der Waals surface area contributed by atoms with E-state index in [2.05, 4.69) is 0 Å². The topological polar surface area (TPSA) is 17.1 Å². The van der Waals surface area contributed by atoms with E-state index in [9.17, 15) is 9.18 Å². The molecule has 3 aromatic carbocycles. The average molecular weight is 276 g/mol. The minimum absolute atomic E-state index is 0.104. The molecule has 0 bridgehead atoms. The lowest BCUT2D eigenvalue weighted by Gasteiger charge is -2.05. The van der Waals surface area contributed by atoms with Crippen molar-refractivity contribution in [3.8, 4) is 11.1 Å². The molecule has 0 unspecified atom stereocenters. The molecule has 0 atom stereocenters. The molecule has 0 saturated carbocycles. The molecule has 0 saturated heterocycles. The fourth-order valence-electron chi connectivity index (χ4n) is 2.24.